The predicted octanol–water partition coefficient (Wildman–Crippen LogP) is 2.80. The van der Waals surface area contributed by atoms with Crippen molar-refractivity contribution in [3.05, 3.63) is 30.3 Å². The highest BCUT2D eigenvalue weighted by atomic mass is 16.1. The number of hydrogen-bond acceptors (Lipinski definition) is 2. The Labute approximate surface area is 115 Å². The summed E-state index contributed by atoms with van der Waals surface area (Å²) in [6, 6.07) is 10.9. The van der Waals surface area contributed by atoms with Gasteiger partial charge in [0.1, 0.15) is 0 Å². The molecule has 1 heterocycles. The fourth-order valence-electron chi connectivity index (χ4n) is 3.04. The molecule has 1 aromatic carbocycles. The Balaban J connectivity index is 2.15. The number of rotatable bonds is 4. The standard InChI is InChI=1S/C16H24N2O/c1-12(2)10-15-11-13(16(17)19)8-9-18(15)14-6-4-3-5-7-14/h3-7,12-13,15H,8-11H2,1-2H3,(H2,17,19). The quantitative estimate of drug-likeness (QED) is 0.905. The lowest BCUT2D eigenvalue weighted by molar-refractivity contribution is -0.122. The molecule has 1 amide bonds. The highest BCUT2D eigenvalue weighted by Gasteiger charge is 2.31. The van der Waals surface area contributed by atoms with E-state index in [0.29, 0.717) is 12.0 Å². The van der Waals surface area contributed by atoms with Crippen molar-refractivity contribution >= 4 is 11.6 Å². The summed E-state index contributed by atoms with van der Waals surface area (Å²) < 4.78 is 0. The summed E-state index contributed by atoms with van der Waals surface area (Å²) in [4.78, 5) is 13.9. The van der Waals surface area contributed by atoms with Crippen LogP contribution in [-0.2, 0) is 4.79 Å². The van der Waals surface area contributed by atoms with Crippen LogP contribution in [0.4, 0.5) is 5.69 Å². The summed E-state index contributed by atoms with van der Waals surface area (Å²) in [6.07, 6.45) is 2.87. The van der Waals surface area contributed by atoms with Crippen molar-refractivity contribution in [2.75, 3.05) is 11.4 Å². The maximum absolute atomic E-state index is 11.4. The van der Waals surface area contributed by atoms with Gasteiger partial charge in [0.25, 0.3) is 0 Å². The van der Waals surface area contributed by atoms with Gasteiger partial charge in [-0.05, 0) is 37.3 Å². The first-order valence-electron chi connectivity index (χ1n) is 7.19. The second-order valence-corrected chi connectivity index (χ2v) is 5.94. The number of nitrogens with two attached hydrogens (primary N) is 1. The molecule has 1 aromatic rings. The minimum absolute atomic E-state index is 0.0451. The fraction of sp³-hybridized carbons (Fsp3) is 0.562. The van der Waals surface area contributed by atoms with E-state index in [1.54, 1.807) is 0 Å². The molecule has 0 aromatic heterocycles. The van der Waals surface area contributed by atoms with Crippen molar-refractivity contribution in [2.45, 2.75) is 39.2 Å². The largest absolute Gasteiger partial charge is 0.369 e. The number of carbonyl (C=O) groups is 1. The molecule has 2 unspecified atom stereocenters. The molecule has 2 atom stereocenters. The molecule has 0 bridgehead atoms. The minimum atomic E-state index is -0.138. The van der Waals surface area contributed by atoms with Crippen LogP contribution in [0.1, 0.15) is 33.1 Å². The summed E-state index contributed by atoms with van der Waals surface area (Å²) in [5.41, 5.74) is 6.75. The van der Waals surface area contributed by atoms with Crippen LogP contribution in [0.5, 0.6) is 0 Å². The summed E-state index contributed by atoms with van der Waals surface area (Å²) >= 11 is 0. The Morgan fingerprint density at radius 3 is 2.63 bits per heavy atom. The number of para-hydroxylation sites is 1. The molecule has 0 spiro atoms. The van der Waals surface area contributed by atoms with E-state index in [1.807, 2.05) is 6.07 Å². The molecule has 3 heteroatoms. The monoisotopic (exact) mass is 260 g/mol. The van der Waals surface area contributed by atoms with E-state index in [1.165, 1.54) is 5.69 Å². The molecular weight excluding hydrogens is 236 g/mol. The van der Waals surface area contributed by atoms with Gasteiger partial charge >= 0.3 is 0 Å². The van der Waals surface area contributed by atoms with Gasteiger partial charge in [0.2, 0.25) is 5.91 Å². The Morgan fingerprint density at radius 1 is 1.37 bits per heavy atom. The van der Waals surface area contributed by atoms with Gasteiger partial charge in [-0.1, -0.05) is 32.0 Å². The molecule has 1 fully saturated rings. The van der Waals surface area contributed by atoms with Crippen LogP contribution in [0.3, 0.4) is 0 Å². The van der Waals surface area contributed by atoms with Crippen molar-refractivity contribution in [3.63, 3.8) is 0 Å². The Morgan fingerprint density at radius 2 is 2.05 bits per heavy atom. The molecule has 1 aliphatic rings. The summed E-state index contributed by atoms with van der Waals surface area (Å²) in [7, 11) is 0. The van der Waals surface area contributed by atoms with Gasteiger partial charge < -0.3 is 10.6 Å². The highest BCUT2D eigenvalue weighted by Crippen LogP contribution is 2.31. The SMILES string of the molecule is CC(C)CC1CC(C(N)=O)CCN1c1ccccc1. The first-order valence-corrected chi connectivity index (χ1v) is 7.19. The molecule has 2 N–H and O–H groups in total. The Bertz CT molecular complexity index is 416. The van der Waals surface area contributed by atoms with Gasteiger partial charge in [-0.3, -0.25) is 4.79 Å². The van der Waals surface area contributed by atoms with Gasteiger partial charge in [0.05, 0.1) is 0 Å². The Kier molecular flexibility index (Phi) is 4.46. The predicted molar refractivity (Wildman–Crippen MR) is 78.9 cm³/mol. The lowest BCUT2D eigenvalue weighted by Gasteiger charge is -2.41. The maximum Gasteiger partial charge on any atom is 0.220 e. The van der Waals surface area contributed by atoms with E-state index in [4.69, 9.17) is 5.73 Å². The van der Waals surface area contributed by atoms with Gasteiger partial charge in [-0.15, -0.1) is 0 Å². The maximum atomic E-state index is 11.4. The first kappa shape index (κ1) is 13.9. The number of hydrogen-bond donors (Lipinski definition) is 1. The lowest BCUT2D eigenvalue weighted by atomic mass is 9.86. The Hall–Kier alpha value is -1.51. The second kappa shape index (κ2) is 6.09. The number of amides is 1. The summed E-state index contributed by atoms with van der Waals surface area (Å²) in [5, 5.41) is 0. The third kappa shape index (κ3) is 3.49. The smallest absolute Gasteiger partial charge is 0.220 e. The molecule has 3 nitrogen and oxygen atoms in total. The molecule has 104 valence electrons. The summed E-state index contributed by atoms with van der Waals surface area (Å²) in [6.45, 7) is 5.39. The number of carbonyl (C=O) groups excluding carboxylic acids is 1. The van der Waals surface area contributed by atoms with E-state index in [9.17, 15) is 4.79 Å². The van der Waals surface area contributed by atoms with Crippen LogP contribution in [0.2, 0.25) is 0 Å². The van der Waals surface area contributed by atoms with Crippen LogP contribution < -0.4 is 10.6 Å². The average Bonchev–Trinajstić information content (AvgIpc) is 2.39. The molecule has 19 heavy (non-hydrogen) atoms. The first-order chi connectivity index (χ1) is 9.08. The fourth-order valence-corrected chi connectivity index (χ4v) is 3.04. The zero-order valence-corrected chi connectivity index (χ0v) is 11.9. The molecule has 2 rings (SSSR count). The van der Waals surface area contributed by atoms with Gasteiger partial charge in [-0.2, -0.15) is 0 Å². The van der Waals surface area contributed by atoms with Crippen molar-refractivity contribution in [2.24, 2.45) is 17.6 Å². The second-order valence-electron chi connectivity index (χ2n) is 5.94. The molecule has 1 saturated heterocycles. The van der Waals surface area contributed by atoms with Crippen molar-refractivity contribution in [3.8, 4) is 0 Å². The molecule has 1 aliphatic heterocycles. The van der Waals surface area contributed by atoms with E-state index in [0.717, 1.165) is 25.8 Å². The van der Waals surface area contributed by atoms with Gasteiger partial charge in [0, 0.05) is 24.2 Å². The van der Waals surface area contributed by atoms with Crippen LogP contribution in [0, 0.1) is 11.8 Å². The van der Waals surface area contributed by atoms with Gasteiger partial charge in [-0.25, -0.2) is 0 Å². The number of piperidine rings is 1. The number of primary amides is 1. The molecule has 0 radical (unpaired) electrons. The number of benzene rings is 1. The van der Waals surface area contributed by atoms with Gasteiger partial charge in [0.15, 0.2) is 0 Å². The van der Waals surface area contributed by atoms with Crippen molar-refractivity contribution in [1.29, 1.82) is 0 Å². The third-order valence-electron chi connectivity index (χ3n) is 3.95. The highest BCUT2D eigenvalue weighted by molar-refractivity contribution is 5.77. The third-order valence-corrected chi connectivity index (χ3v) is 3.95. The zero-order chi connectivity index (χ0) is 13.8. The number of nitrogens with zero attached hydrogens (tertiary/aromatic N) is 1. The van der Waals surface area contributed by atoms with E-state index >= 15 is 0 Å². The number of anilines is 1. The average molecular weight is 260 g/mol. The van der Waals surface area contributed by atoms with Crippen LogP contribution >= 0.6 is 0 Å². The summed E-state index contributed by atoms with van der Waals surface area (Å²) in [5.74, 6) is 0.535. The normalized spacial score (nSPS) is 23.6. The molecular formula is C16H24N2O. The van der Waals surface area contributed by atoms with Crippen LogP contribution in [-0.4, -0.2) is 18.5 Å². The van der Waals surface area contributed by atoms with Crippen molar-refractivity contribution < 1.29 is 4.79 Å². The van der Waals surface area contributed by atoms with Crippen molar-refractivity contribution in [1.82, 2.24) is 0 Å². The lowest BCUT2D eigenvalue weighted by Crippen LogP contribution is -2.46. The van der Waals surface area contributed by atoms with E-state index < -0.39 is 0 Å². The van der Waals surface area contributed by atoms with Crippen LogP contribution in [0.25, 0.3) is 0 Å². The minimum Gasteiger partial charge on any atom is -0.369 e. The zero-order valence-electron chi connectivity index (χ0n) is 11.9. The van der Waals surface area contributed by atoms with E-state index in [-0.39, 0.29) is 11.8 Å². The molecule has 0 saturated carbocycles. The van der Waals surface area contributed by atoms with Crippen LogP contribution in [0.15, 0.2) is 30.3 Å². The molecule has 0 aliphatic carbocycles. The van der Waals surface area contributed by atoms with E-state index in [2.05, 4.69) is 43.0 Å². The topological polar surface area (TPSA) is 46.3 Å².